The quantitative estimate of drug-likeness (QED) is 0.420. The van der Waals surface area contributed by atoms with E-state index in [1.54, 1.807) is 0 Å². The third-order valence-corrected chi connectivity index (χ3v) is 5.57. The minimum Gasteiger partial charge on any atom is -0.361 e. The van der Waals surface area contributed by atoms with Crippen LogP contribution in [0.3, 0.4) is 0 Å². The fraction of sp³-hybridized carbons (Fsp3) is 0.222. The van der Waals surface area contributed by atoms with Crippen molar-refractivity contribution in [3.05, 3.63) is 84.4 Å². The summed E-state index contributed by atoms with van der Waals surface area (Å²) in [6.45, 7) is 4.52. The molecule has 0 aromatic heterocycles. The lowest BCUT2D eigenvalue weighted by molar-refractivity contribution is 0.102. The van der Waals surface area contributed by atoms with Crippen LogP contribution in [-0.2, 0) is 0 Å². The summed E-state index contributed by atoms with van der Waals surface area (Å²) >= 11 is 0. The van der Waals surface area contributed by atoms with Gasteiger partial charge < -0.3 is 15.5 Å². The number of nitrogens with one attached hydrogen (secondary N) is 2. The summed E-state index contributed by atoms with van der Waals surface area (Å²) in [5, 5.41) is 6.29. The van der Waals surface area contributed by atoms with E-state index >= 15 is 0 Å². The molecular weight excluding hydrogens is 424 g/mol. The first kappa shape index (κ1) is 23.2. The maximum atomic E-state index is 13.3. The molecule has 0 unspecified atom stereocenters. The Morgan fingerprint density at radius 2 is 1.56 bits per heavy atom. The van der Waals surface area contributed by atoms with Crippen LogP contribution in [0.5, 0.6) is 0 Å². The van der Waals surface area contributed by atoms with Crippen LogP contribution in [0.25, 0.3) is 0 Å². The van der Waals surface area contributed by atoms with Gasteiger partial charge in [-0.05, 0) is 56.4 Å². The van der Waals surface area contributed by atoms with Gasteiger partial charge in [0.05, 0.1) is 23.5 Å². The van der Waals surface area contributed by atoms with Crippen molar-refractivity contribution in [3.8, 4) is 0 Å². The Kier molecular flexibility index (Phi) is 7.34. The smallest absolute Gasteiger partial charge is 0.257 e. The second-order valence-corrected chi connectivity index (χ2v) is 8.40. The molecule has 1 fully saturated rings. The third-order valence-electron chi connectivity index (χ3n) is 5.57. The van der Waals surface area contributed by atoms with E-state index in [0.29, 0.717) is 11.3 Å². The van der Waals surface area contributed by atoms with Crippen LogP contribution in [0.4, 0.5) is 22.7 Å². The molecule has 7 heteroatoms. The normalized spacial score (nSPS) is 15.9. The number of hydrogen-bond donors (Lipinski definition) is 2. The third kappa shape index (κ3) is 6.08. The number of likely N-dealkylation sites (N-methyl/N-ethyl adjacent to an activating group) is 2. The molecule has 0 bridgehead atoms. The van der Waals surface area contributed by atoms with Crippen LogP contribution in [0.2, 0.25) is 0 Å². The van der Waals surface area contributed by atoms with Gasteiger partial charge in [-0.25, -0.2) is 9.98 Å². The van der Waals surface area contributed by atoms with E-state index in [1.807, 2.05) is 92.8 Å². The Bertz CT molecular complexity index is 1190. The first-order chi connectivity index (χ1) is 16.5. The number of benzene rings is 3. The van der Waals surface area contributed by atoms with Gasteiger partial charge >= 0.3 is 0 Å². The van der Waals surface area contributed by atoms with Gasteiger partial charge in [-0.1, -0.05) is 36.4 Å². The highest BCUT2D eigenvalue weighted by molar-refractivity contribution is 6.09. The zero-order chi connectivity index (χ0) is 23.9. The van der Waals surface area contributed by atoms with Crippen LogP contribution >= 0.6 is 0 Å². The molecule has 1 aliphatic heterocycles. The van der Waals surface area contributed by atoms with Crippen molar-refractivity contribution in [1.29, 1.82) is 0 Å². The average molecular weight is 455 g/mol. The molecule has 1 heterocycles. The molecule has 2 N–H and O–H groups in total. The van der Waals surface area contributed by atoms with E-state index in [9.17, 15) is 4.79 Å². The van der Waals surface area contributed by atoms with Gasteiger partial charge in [-0.2, -0.15) is 0 Å². The average Bonchev–Trinajstić information content (AvgIpc) is 2.83. The molecule has 0 spiro atoms. The van der Waals surface area contributed by atoms with Crippen LogP contribution < -0.4 is 10.6 Å². The first-order valence-corrected chi connectivity index (χ1v) is 11.3. The fourth-order valence-electron chi connectivity index (χ4n) is 3.70. The summed E-state index contributed by atoms with van der Waals surface area (Å²) in [5.41, 5.74) is 3.50. The highest BCUT2D eigenvalue weighted by Crippen LogP contribution is 2.26. The monoisotopic (exact) mass is 454 g/mol. The van der Waals surface area contributed by atoms with E-state index in [2.05, 4.69) is 32.5 Å². The Morgan fingerprint density at radius 1 is 0.853 bits per heavy atom. The number of anilines is 2. The van der Waals surface area contributed by atoms with Crippen molar-refractivity contribution in [3.63, 3.8) is 0 Å². The number of aliphatic imine (C=N–C) groups is 2. The predicted octanol–water partition coefficient (Wildman–Crippen LogP) is 5.01. The van der Waals surface area contributed by atoms with Gasteiger partial charge in [-0.15, -0.1) is 0 Å². The lowest BCUT2D eigenvalue weighted by Gasteiger charge is -2.32. The van der Waals surface area contributed by atoms with Crippen molar-refractivity contribution in [2.45, 2.75) is 6.92 Å². The summed E-state index contributed by atoms with van der Waals surface area (Å²) in [4.78, 5) is 27.1. The molecule has 0 radical (unpaired) electrons. The van der Waals surface area contributed by atoms with E-state index in [-0.39, 0.29) is 5.91 Å². The zero-order valence-electron chi connectivity index (χ0n) is 19.8. The Hall–Kier alpha value is -3.97. The number of carbonyl (C=O) groups excluding carboxylic acids is 1. The number of nitrogens with zero attached hydrogens (tertiary/aromatic N) is 4. The van der Waals surface area contributed by atoms with Gasteiger partial charge in [-0.3, -0.25) is 9.69 Å². The molecule has 3 aromatic carbocycles. The molecule has 0 atom stereocenters. The van der Waals surface area contributed by atoms with E-state index in [1.165, 1.54) is 0 Å². The van der Waals surface area contributed by atoms with Crippen LogP contribution in [0.1, 0.15) is 17.3 Å². The largest absolute Gasteiger partial charge is 0.361 e. The summed E-state index contributed by atoms with van der Waals surface area (Å²) < 4.78 is 0. The predicted molar refractivity (Wildman–Crippen MR) is 141 cm³/mol. The number of piperazine rings is 1. The highest BCUT2D eigenvalue weighted by Gasteiger charge is 2.19. The zero-order valence-corrected chi connectivity index (χ0v) is 19.8. The molecule has 1 saturated heterocycles. The molecular formula is C27H30N6O. The van der Waals surface area contributed by atoms with Gasteiger partial charge in [0.1, 0.15) is 11.7 Å². The van der Waals surface area contributed by atoms with Crippen molar-refractivity contribution in [2.24, 2.45) is 9.98 Å². The van der Waals surface area contributed by atoms with E-state index in [4.69, 9.17) is 4.99 Å². The number of hydrogen-bond acceptors (Lipinski definition) is 4. The molecule has 3 aromatic rings. The van der Waals surface area contributed by atoms with Crippen molar-refractivity contribution in [1.82, 2.24) is 9.80 Å². The molecule has 174 valence electrons. The lowest BCUT2D eigenvalue weighted by atomic mass is 10.1. The topological polar surface area (TPSA) is 72.3 Å². The van der Waals surface area contributed by atoms with Gasteiger partial charge in [0, 0.05) is 31.5 Å². The number of rotatable bonds is 5. The Morgan fingerprint density at radius 3 is 2.29 bits per heavy atom. The standard InChI is InChI=1S/C27H30N6O/c1-20(28-21-10-6-4-7-11-21)29-23-14-15-25(31-26-19-32(2)16-17-33(26)3)24(18-23)27(34)30-22-12-8-5-9-13-22/h4-15,18H,16-17,19H2,1-3H3,(H,28,29)(H,30,34). The highest BCUT2D eigenvalue weighted by atomic mass is 16.1. The number of carbonyl (C=O) groups is 1. The fourth-order valence-corrected chi connectivity index (χ4v) is 3.70. The van der Waals surface area contributed by atoms with Crippen molar-refractivity contribution < 1.29 is 4.79 Å². The van der Waals surface area contributed by atoms with Gasteiger partial charge in [0.2, 0.25) is 0 Å². The maximum absolute atomic E-state index is 13.3. The molecule has 1 amide bonds. The second-order valence-electron chi connectivity index (χ2n) is 8.40. The lowest BCUT2D eigenvalue weighted by Crippen LogP contribution is -2.46. The summed E-state index contributed by atoms with van der Waals surface area (Å²) in [7, 11) is 4.11. The Labute approximate surface area is 200 Å². The molecule has 34 heavy (non-hydrogen) atoms. The summed E-state index contributed by atoms with van der Waals surface area (Å²) in [6.07, 6.45) is 0. The summed E-state index contributed by atoms with van der Waals surface area (Å²) in [5.74, 6) is 1.46. The number of amides is 1. The SMILES string of the molecule is CC(=Nc1ccccc1)Nc1ccc(N=C2CN(C)CCN2C)c(C(=O)Nc2ccccc2)c1. The molecule has 4 rings (SSSR count). The van der Waals surface area contributed by atoms with Crippen molar-refractivity contribution in [2.75, 3.05) is 44.4 Å². The van der Waals surface area contributed by atoms with E-state index in [0.717, 1.165) is 48.4 Å². The summed E-state index contributed by atoms with van der Waals surface area (Å²) in [6, 6.07) is 24.8. The maximum Gasteiger partial charge on any atom is 0.257 e. The van der Waals surface area contributed by atoms with Crippen LogP contribution in [0.15, 0.2) is 88.8 Å². The first-order valence-electron chi connectivity index (χ1n) is 11.3. The molecule has 0 saturated carbocycles. The number of para-hydroxylation sites is 2. The second kappa shape index (κ2) is 10.8. The minimum atomic E-state index is -0.210. The van der Waals surface area contributed by atoms with E-state index < -0.39 is 0 Å². The molecule has 0 aliphatic carbocycles. The van der Waals surface area contributed by atoms with Gasteiger partial charge in [0.25, 0.3) is 5.91 Å². The van der Waals surface area contributed by atoms with Crippen LogP contribution in [-0.4, -0.2) is 61.1 Å². The van der Waals surface area contributed by atoms with Crippen molar-refractivity contribution >= 4 is 40.3 Å². The van der Waals surface area contributed by atoms with Gasteiger partial charge in [0.15, 0.2) is 0 Å². The molecule has 7 nitrogen and oxygen atoms in total. The Balaban J connectivity index is 1.65. The van der Waals surface area contributed by atoms with Crippen LogP contribution in [0, 0.1) is 0 Å². The number of amidine groups is 2. The molecule has 1 aliphatic rings. The minimum absolute atomic E-state index is 0.210.